The standard InChI is InChI=1S/C30H33FN2O3/c1-6-8-9-17-33(5)30(35)23-12-10-11-21(18-23)22-14-16-26-25(19-22)27(29(34)32-4)28(36-26)20(3)13-15-24(31)7-2/h7,10-16,18-19H,3,6,8-9,17H2,1-2,4-5H3,(H,32,34). The van der Waals surface area contributed by atoms with Crippen molar-refractivity contribution in [3.63, 3.8) is 0 Å². The summed E-state index contributed by atoms with van der Waals surface area (Å²) in [5.74, 6) is -0.498. The first-order valence-electron chi connectivity index (χ1n) is 12.1. The second-order valence-electron chi connectivity index (χ2n) is 8.64. The SMILES string of the molecule is C=C(C=CC(F)=CC)c1oc2ccc(-c3cccc(C(=O)N(C)CCCCC)c3)cc2c1C(=O)NC. The molecule has 1 aromatic heterocycles. The summed E-state index contributed by atoms with van der Waals surface area (Å²) < 4.78 is 19.6. The van der Waals surface area contributed by atoms with Crippen LogP contribution in [0, 0.1) is 0 Å². The van der Waals surface area contributed by atoms with Crippen LogP contribution in [-0.4, -0.2) is 37.4 Å². The highest BCUT2D eigenvalue weighted by Crippen LogP contribution is 2.34. The number of halogens is 1. The van der Waals surface area contributed by atoms with E-state index in [0.717, 1.165) is 30.4 Å². The zero-order valence-electron chi connectivity index (χ0n) is 21.4. The van der Waals surface area contributed by atoms with E-state index in [4.69, 9.17) is 4.42 Å². The minimum Gasteiger partial charge on any atom is -0.455 e. The van der Waals surface area contributed by atoms with Crippen LogP contribution in [0.25, 0.3) is 27.7 Å². The number of nitrogens with one attached hydrogen (secondary N) is 1. The van der Waals surface area contributed by atoms with Crippen LogP contribution >= 0.6 is 0 Å². The zero-order chi connectivity index (χ0) is 26.2. The van der Waals surface area contributed by atoms with Gasteiger partial charge in [0.2, 0.25) is 0 Å². The molecule has 0 radical (unpaired) electrons. The number of nitrogens with zero attached hydrogens (tertiary/aromatic N) is 1. The van der Waals surface area contributed by atoms with Gasteiger partial charge in [-0.05, 0) is 60.9 Å². The van der Waals surface area contributed by atoms with Crippen molar-refractivity contribution in [3.8, 4) is 11.1 Å². The van der Waals surface area contributed by atoms with Crippen molar-refractivity contribution in [2.24, 2.45) is 0 Å². The van der Waals surface area contributed by atoms with E-state index in [2.05, 4.69) is 18.8 Å². The molecule has 0 unspecified atom stereocenters. The fourth-order valence-electron chi connectivity index (χ4n) is 3.96. The van der Waals surface area contributed by atoms with Crippen molar-refractivity contribution in [3.05, 3.63) is 90.0 Å². The van der Waals surface area contributed by atoms with Gasteiger partial charge in [0.15, 0.2) is 0 Å². The molecule has 0 spiro atoms. The van der Waals surface area contributed by atoms with Crippen LogP contribution in [0.2, 0.25) is 0 Å². The first-order chi connectivity index (χ1) is 17.3. The monoisotopic (exact) mass is 488 g/mol. The lowest BCUT2D eigenvalue weighted by Crippen LogP contribution is -2.27. The van der Waals surface area contributed by atoms with Gasteiger partial charge in [0.25, 0.3) is 11.8 Å². The summed E-state index contributed by atoms with van der Waals surface area (Å²) >= 11 is 0. The molecule has 0 fully saturated rings. The third-order valence-electron chi connectivity index (χ3n) is 6.04. The van der Waals surface area contributed by atoms with Crippen LogP contribution in [0.5, 0.6) is 0 Å². The number of benzene rings is 2. The highest BCUT2D eigenvalue weighted by atomic mass is 19.1. The van der Waals surface area contributed by atoms with Crippen molar-refractivity contribution in [2.75, 3.05) is 20.6 Å². The van der Waals surface area contributed by atoms with Crippen LogP contribution in [0.1, 0.15) is 59.6 Å². The average molecular weight is 489 g/mol. The Kier molecular flexibility index (Phi) is 9.01. The van der Waals surface area contributed by atoms with Gasteiger partial charge in [0, 0.05) is 37.2 Å². The highest BCUT2D eigenvalue weighted by molar-refractivity contribution is 6.11. The maximum absolute atomic E-state index is 13.6. The summed E-state index contributed by atoms with van der Waals surface area (Å²) in [4.78, 5) is 27.5. The van der Waals surface area contributed by atoms with Crippen LogP contribution in [0.4, 0.5) is 4.39 Å². The smallest absolute Gasteiger partial charge is 0.255 e. The van der Waals surface area contributed by atoms with Gasteiger partial charge in [-0.15, -0.1) is 0 Å². The minimum atomic E-state index is -0.415. The van der Waals surface area contributed by atoms with Crippen molar-refractivity contribution < 1.29 is 18.4 Å². The Morgan fingerprint density at radius 2 is 1.86 bits per heavy atom. The Hall–Kier alpha value is -3.93. The van der Waals surface area contributed by atoms with Crippen molar-refractivity contribution >= 4 is 28.4 Å². The topological polar surface area (TPSA) is 62.6 Å². The van der Waals surface area contributed by atoms with E-state index >= 15 is 0 Å². The fraction of sp³-hybridized carbons (Fsp3) is 0.267. The summed E-state index contributed by atoms with van der Waals surface area (Å²) in [6, 6.07) is 13.0. The molecule has 1 N–H and O–H groups in total. The number of allylic oxidation sites excluding steroid dienone is 5. The fourth-order valence-corrected chi connectivity index (χ4v) is 3.96. The Balaban J connectivity index is 2.01. The predicted molar refractivity (Wildman–Crippen MR) is 145 cm³/mol. The third-order valence-corrected chi connectivity index (χ3v) is 6.04. The average Bonchev–Trinajstić information content (AvgIpc) is 3.29. The van der Waals surface area contributed by atoms with E-state index in [1.807, 2.05) is 43.4 Å². The quantitative estimate of drug-likeness (QED) is 0.243. The summed E-state index contributed by atoms with van der Waals surface area (Å²) in [7, 11) is 3.36. The normalized spacial score (nSPS) is 11.8. The lowest BCUT2D eigenvalue weighted by molar-refractivity contribution is 0.0792. The lowest BCUT2D eigenvalue weighted by Gasteiger charge is -2.17. The number of hydrogen-bond acceptors (Lipinski definition) is 3. The largest absolute Gasteiger partial charge is 0.455 e. The number of furan rings is 1. The van der Waals surface area contributed by atoms with Gasteiger partial charge < -0.3 is 14.6 Å². The molecule has 0 saturated carbocycles. The molecule has 188 valence electrons. The zero-order valence-corrected chi connectivity index (χ0v) is 21.4. The maximum atomic E-state index is 13.6. The van der Waals surface area contributed by atoms with Crippen molar-refractivity contribution in [1.82, 2.24) is 10.2 Å². The van der Waals surface area contributed by atoms with E-state index < -0.39 is 5.83 Å². The summed E-state index contributed by atoms with van der Waals surface area (Å²) in [5, 5.41) is 3.26. The first-order valence-corrected chi connectivity index (χ1v) is 12.1. The number of rotatable bonds is 10. The molecule has 0 saturated heterocycles. The van der Waals surface area contributed by atoms with Crippen molar-refractivity contribution in [2.45, 2.75) is 33.1 Å². The van der Waals surface area contributed by atoms with Gasteiger partial charge in [-0.1, -0.05) is 50.6 Å². The Morgan fingerprint density at radius 3 is 2.56 bits per heavy atom. The molecule has 0 atom stereocenters. The minimum absolute atomic E-state index is 0.0258. The molecular weight excluding hydrogens is 455 g/mol. The Labute approximate surface area is 212 Å². The van der Waals surface area contributed by atoms with Crippen LogP contribution < -0.4 is 5.32 Å². The van der Waals surface area contributed by atoms with Crippen LogP contribution in [0.3, 0.4) is 0 Å². The number of unbranched alkanes of at least 4 members (excludes halogenated alkanes) is 2. The Morgan fingerprint density at radius 1 is 1.11 bits per heavy atom. The van der Waals surface area contributed by atoms with E-state index in [1.54, 1.807) is 24.9 Å². The molecule has 3 rings (SSSR count). The van der Waals surface area contributed by atoms with Gasteiger partial charge in [-0.25, -0.2) is 4.39 Å². The predicted octanol–water partition coefficient (Wildman–Crippen LogP) is 7.16. The molecule has 0 aliphatic heterocycles. The molecule has 0 aliphatic rings. The van der Waals surface area contributed by atoms with Gasteiger partial charge in [0.1, 0.15) is 17.2 Å². The second kappa shape index (κ2) is 12.2. The van der Waals surface area contributed by atoms with Crippen molar-refractivity contribution in [1.29, 1.82) is 0 Å². The molecule has 1 heterocycles. The highest BCUT2D eigenvalue weighted by Gasteiger charge is 2.22. The first kappa shape index (κ1) is 26.7. The second-order valence-corrected chi connectivity index (χ2v) is 8.64. The van der Waals surface area contributed by atoms with Crippen LogP contribution in [-0.2, 0) is 0 Å². The van der Waals surface area contributed by atoms with E-state index in [0.29, 0.717) is 34.2 Å². The molecule has 0 aliphatic carbocycles. The molecule has 0 bridgehead atoms. The van der Waals surface area contributed by atoms with E-state index in [9.17, 15) is 14.0 Å². The third kappa shape index (κ3) is 6.00. The number of fused-ring (bicyclic) bond motifs is 1. The summed E-state index contributed by atoms with van der Waals surface area (Å²) in [5.41, 5.74) is 3.51. The molecule has 3 aromatic rings. The summed E-state index contributed by atoms with van der Waals surface area (Å²) in [6.45, 7) is 8.40. The van der Waals surface area contributed by atoms with Gasteiger partial charge in [0.05, 0.1) is 5.56 Å². The molecule has 5 nitrogen and oxygen atoms in total. The van der Waals surface area contributed by atoms with Gasteiger partial charge >= 0.3 is 0 Å². The van der Waals surface area contributed by atoms with Gasteiger partial charge in [-0.3, -0.25) is 9.59 Å². The molecule has 6 heteroatoms. The molecular formula is C30H33FN2O3. The molecule has 36 heavy (non-hydrogen) atoms. The van der Waals surface area contributed by atoms with Gasteiger partial charge in [-0.2, -0.15) is 0 Å². The molecule has 2 aromatic carbocycles. The number of amides is 2. The maximum Gasteiger partial charge on any atom is 0.255 e. The van der Waals surface area contributed by atoms with E-state index in [1.165, 1.54) is 18.2 Å². The number of carbonyl (C=O) groups excluding carboxylic acids is 2. The number of carbonyl (C=O) groups is 2. The summed E-state index contributed by atoms with van der Waals surface area (Å²) in [6.07, 6.45) is 7.25. The molecule has 2 amide bonds. The lowest BCUT2D eigenvalue weighted by atomic mass is 9.99. The Bertz CT molecular complexity index is 1330. The number of hydrogen-bond donors (Lipinski definition) is 1. The van der Waals surface area contributed by atoms with E-state index in [-0.39, 0.29) is 17.6 Å². The van der Waals surface area contributed by atoms with Crippen LogP contribution in [0.15, 0.2) is 77.5 Å².